The highest BCUT2D eigenvalue weighted by Gasteiger charge is 2.22. The molecule has 138 valence electrons. The minimum atomic E-state index is -0.114. The number of hydrogen-bond donors (Lipinski definition) is 0. The van der Waals surface area contributed by atoms with E-state index < -0.39 is 0 Å². The average molecular weight is 356 g/mol. The van der Waals surface area contributed by atoms with E-state index in [1.165, 1.54) is 12.4 Å². The second-order valence-electron chi connectivity index (χ2n) is 6.33. The van der Waals surface area contributed by atoms with Crippen LogP contribution in [0.15, 0.2) is 29.3 Å². The van der Waals surface area contributed by atoms with Crippen molar-refractivity contribution in [3.05, 3.63) is 52.0 Å². The molecule has 8 heteroatoms. The highest BCUT2D eigenvalue weighted by atomic mass is 16.2. The van der Waals surface area contributed by atoms with Gasteiger partial charge in [-0.25, -0.2) is 4.98 Å². The Morgan fingerprint density at radius 3 is 2.73 bits per heavy atom. The highest BCUT2D eigenvalue weighted by Crippen LogP contribution is 2.13. The van der Waals surface area contributed by atoms with Gasteiger partial charge >= 0.3 is 0 Å². The number of hydrogen-bond acceptors (Lipinski definition) is 6. The number of fused-ring (bicyclic) bond motifs is 1. The number of carbonyl (C=O) groups is 1. The van der Waals surface area contributed by atoms with Crippen LogP contribution in [0.5, 0.6) is 0 Å². The van der Waals surface area contributed by atoms with Gasteiger partial charge in [0, 0.05) is 25.7 Å². The van der Waals surface area contributed by atoms with Crippen molar-refractivity contribution in [1.29, 1.82) is 0 Å². The van der Waals surface area contributed by atoms with Gasteiger partial charge in [0.15, 0.2) is 0 Å². The quantitative estimate of drug-likeness (QED) is 0.792. The third-order valence-electron chi connectivity index (χ3n) is 4.68. The van der Waals surface area contributed by atoms with E-state index in [-0.39, 0.29) is 11.5 Å². The predicted octanol–water partition coefficient (Wildman–Crippen LogP) is 0.921. The number of aromatic nitrogens is 4. The van der Waals surface area contributed by atoms with Crippen LogP contribution in [0, 0.1) is 0 Å². The summed E-state index contributed by atoms with van der Waals surface area (Å²) in [6.45, 7) is 8.08. The summed E-state index contributed by atoms with van der Waals surface area (Å²) in [7, 11) is 0. The maximum atomic E-state index is 12.7. The van der Waals surface area contributed by atoms with E-state index in [0.29, 0.717) is 44.0 Å². The van der Waals surface area contributed by atoms with Crippen LogP contribution in [-0.4, -0.2) is 55.1 Å². The molecule has 0 atom stereocenters. The molecule has 0 N–H and O–H groups in total. The van der Waals surface area contributed by atoms with Crippen molar-refractivity contribution in [1.82, 2.24) is 29.5 Å². The monoisotopic (exact) mass is 356 g/mol. The summed E-state index contributed by atoms with van der Waals surface area (Å²) in [6, 6.07) is 3.27. The highest BCUT2D eigenvalue weighted by molar-refractivity contribution is 5.93. The fraction of sp³-hybridized carbons (Fsp3) is 0.500. The van der Waals surface area contributed by atoms with Crippen molar-refractivity contribution in [3.63, 3.8) is 0 Å². The molecule has 0 unspecified atom stereocenters. The first-order valence-electron chi connectivity index (χ1n) is 9.00. The summed E-state index contributed by atoms with van der Waals surface area (Å²) in [6.07, 6.45) is 3.68. The van der Waals surface area contributed by atoms with Crippen molar-refractivity contribution in [2.45, 2.75) is 39.9 Å². The Morgan fingerprint density at radius 1 is 1.23 bits per heavy atom. The van der Waals surface area contributed by atoms with Gasteiger partial charge in [0.25, 0.3) is 11.5 Å². The van der Waals surface area contributed by atoms with Crippen molar-refractivity contribution in [3.8, 4) is 0 Å². The van der Waals surface area contributed by atoms with Crippen molar-refractivity contribution in [2.75, 3.05) is 19.6 Å². The van der Waals surface area contributed by atoms with Crippen LogP contribution >= 0.6 is 0 Å². The molecule has 3 rings (SSSR count). The molecule has 2 aromatic heterocycles. The van der Waals surface area contributed by atoms with Gasteiger partial charge in [-0.3, -0.25) is 19.1 Å². The van der Waals surface area contributed by atoms with E-state index in [9.17, 15) is 9.59 Å². The van der Waals surface area contributed by atoms with E-state index in [1.807, 2.05) is 0 Å². The fourth-order valence-corrected chi connectivity index (χ4v) is 3.17. The summed E-state index contributed by atoms with van der Waals surface area (Å²) < 4.78 is 1.68. The summed E-state index contributed by atoms with van der Waals surface area (Å²) in [4.78, 5) is 33.9. The lowest BCUT2D eigenvalue weighted by molar-refractivity contribution is 0.0743. The van der Waals surface area contributed by atoms with Crippen LogP contribution in [0.25, 0.3) is 0 Å². The third kappa shape index (κ3) is 3.96. The number of nitrogens with zero attached hydrogens (tertiary/aromatic N) is 6. The number of carbonyl (C=O) groups excluding carboxylic acids is 1. The topological polar surface area (TPSA) is 84.2 Å². The molecule has 1 aliphatic heterocycles. The lowest BCUT2D eigenvalue weighted by atomic mass is 10.2. The SMILES string of the molecule is CCN(CC)Cc1cc(=O)n2c(n1)CN(C(=O)c1ccnnc1)CCC2. The van der Waals surface area contributed by atoms with Crippen LogP contribution in [0.1, 0.15) is 42.1 Å². The molecular formula is C18H24N6O2. The summed E-state index contributed by atoms with van der Waals surface area (Å²) in [5, 5.41) is 7.49. The molecule has 3 heterocycles. The first-order valence-corrected chi connectivity index (χ1v) is 9.00. The molecule has 0 aromatic carbocycles. The Labute approximate surface area is 152 Å². The summed E-state index contributed by atoms with van der Waals surface area (Å²) in [5.74, 6) is 0.532. The number of amides is 1. The lowest BCUT2D eigenvalue weighted by Crippen LogP contribution is -2.33. The molecule has 0 spiro atoms. The molecule has 0 fully saturated rings. The Bertz CT molecular complexity index is 816. The fourth-order valence-electron chi connectivity index (χ4n) is 3.17. The van der Waals surface area contributed by atoms with Gasteiger partial charge in [-0.05, 0) is 25.6 Å². The zero-order chi connectivity index (χ0) is 18.5. The minimum absolute atomic E-state index is 0.0444. The van der Waals surface area contributed by atoms with E-state index in [0.717, 1.165) is 18.8 Å². The van der Waals surface area contributed by atoms with Gasteiger partial charge in [-0.2, -0.15) is 10.2 Å². The molecular weight excluding hydrogens is 332 g/mol. The molecule has 26 heavy (non-hydrogen) atoms. The standard InChI is InChI=1S/C18H24N6O2/c1-3-22(4-2)12-15-10-17(25)24-9-5-8-23(13-16(24)21-15)18(26)14-6-7-19-20-11-14/h6-7,10-11H,3-5,8-9,12-13H2,1-2H3. The summed E-state index contributed by atoms with van der Waals surface area (Å²) in [5.41, 5.74) is 1.21. The molecule has 1 aliphatic rings. The molecule has 0 bridgehead atoms. The molecule has 0 aliphatic carbocycles. The average Bonchev–Trinajstić information content (AvgIpc) is 2.89. The van der Waals surface area contributed by atoms with Crippen LogP contribution in [0.2, 0.25) is 0 Å². The van der Waals surface area contributed by atoms with Gasteiger partial charge in [0.05, 0.1) is 30.2 Å². The van der Waals surface area contributed by atoms with E-state index in [4.69, 9.17) is 4.98 Å². The van der Waals surface area contributed by atoms with Crippen molar-refractivity contribution >= 4 is 5.91 Å². The molecule has 0 saturated heterocycles. The van der Waals surface area contributed by atoms with E-state index in [1.54, 1.807) is 21.6 Å². The van der Waals surface area contributed by atoms with Crippen LogP contribution < -0.4 is 5.56 Å². The van der Waals surface area contributed by atoms with Crippen LogP contribution in [0.3, 0.4) is 0 Å². The molecule has 8 nitrogen and oxygen atoms in total. The van der Waals surface area contributed by atoms with Gasteiger partial charge in [-0.15, -0.1) is 0 Å². The second kappa shape index (κ2) is 8.18. The number of rotatable bonds is 5. The van der Waals surface area contributed by atoms with E-state index >= 15 is 0 Å². The normalized spacial score (nSPS) is 14.2. The Kier molecular flexibility index (Phi) is 5.72. The predicted molar refractivity (Wildman–Crippen MR) is 96.5 cm³/mol. The maximum Gasteiger partial charge on any atom is 0.255 e. The van der Waals surface area contributed by atoms with E-state index in [2.05, 4.69) is 28.9 Å². The largest absolute Gasteiger partial charge is 0.331 e. The van der Waals surface area contributed by atoms with Crippen molar-refractivity contribution < 1.29 is 4.79 Å². The van der Waals surface area contributed by atoms with Gasteiger partial charge < -0.3 is 4.90 Å². The molecule has 0 saturated carbocycles. The third-order valence-corrected chi connectivity index (χ3v) is 4.68. The zero-order valence-electron chi connectivity index (χ0n) is 15.3. The second-order valence-corrected chi connectivity index (χ2v) is 6.33. The lowest BCUT2D eigenvalue weighted by Gasteiger charge is -2.21. The first-order chi connectivity index (χ1) is 12.6. The first kappa shape index (κ1) is 18.2. The zero-order valence-corrected chi connectivity index (χ0v) is 15.3. The smallest absolute Gasteiger partial charge is 0.255 e. The van der Waals surface area contributed by atoms with Crippen LogP contribution in [-0.2, 0) is 19.6 Å². The Morgan fingerprint density at radius 2 is 2.04 bits per heavy atom. The maximum absolute atomic E-state index is 12.7. The molecule has 2 aromatic rings. The van der Waals surface area contributed by atoms with Gasteiger partial charge in [0.1, 0.15) is 5.82 Å². The van der Waals surface area contributed by atoms with Crippen molar-refractivity contribution in [2.24, 2.45) is 0 Å². The Hall–Kier alpha value is -2.61. The van der Waals surface area contributed by atoms with Gasteiger partial charge in [0.2, 0.25) is 0 Å². The van der Waals surface area contributed by atoms with Crippen LogP contribution in [0.4, 0.5) is 0 Å². The van der Waals surface area contributed by atoms with Gasteiger partial charge in [-0.1, -0.05) is 13.8 Å². The molecule has 1 amide bonds. The molecule has 0 radical (unpaired) electrons. The Balaban J connectivity index is 1.87. The summed E-state index contributed by atoms with van der Waals surface area (Å²) >= 11 is 0. The minimum Gasteiger partial charge on any atom is -0.331 e.